The summed E-state index contributed by atoms with van der Waals surface area (Å²) in [5.41, 5.74) is 0. The molecule has 0 fully saturated rings. The Kier molecular flexibility index (Phi) is 81.1. The second-order valence-electron chi connectivity index (χ2n) is 2.56. The van der Waals surface area contributed by atoms with E-state index >= 15 is 0 Å². The van der Waals surface area contributed by atoms with E-state index in [1.165, 1.54) is 11.3 Å². The summed E-state index contributed by atoms with van der Waals surface area (Å²) < 4.78 is 0. The third kappa shape index (κ3) is 23.4. The Labute approximate surface area is 287 Å². The summed E-state index contributed by atoms with van der Waals surface area (Å²) in [4.78, 5) is 1.50. The van der Waals surface area contributed by atoms with Gasteiger partial charge in [-0.2, -0.15) is 13.3 Å². The van der Waals surface area contributed by atoms with Crippen molar-refractivity contribution in [2.75, 3.05) is 0 Å². The van der Waals surface area contributed by atoms with Gasteiger partial charge in [0.2, 0.25) is 0 Å². The van der Waals surface area contributed by atoms with Crippen LogP contribution in [0.15, 0.2) is 17.5 Å². The fraction of sp³-hybridized carbons (Fsp3) is 0.444. The Morgan fingerprint density at radius 3 is 1.82 bits per heavy atom. The van der Waals surface area contributed by atoms with Gasteiger partial charge < -0.3 is 6.42 Å². The van der Waals surface area contributed by atoms with E-state index in [1.54, 1.807) is 0 Å². The molecule has 17 heavy (non-hydrogen) atoms. The standard InChI is InChI=1S/C9H13S.7Y/c1-3-5-8(2)9-6-4-7-10-9;;;;;;;/h3-4,6-8H,5H2,1-2H3;;;;;;;/q-1;;;;;;;. The van der Waals surface area contributed by atoms with Crippen molar-refractivity contribution in [2.24, 2.45) is 0 Å². The van der Waals surface area contributed by atoms with E-state index in [1.807, 2.05) is 11.3 Å². The van der Waals surface area contributed by atoms with Crippen LogP contribution in [-0.2, 0) is 229 Å². The zero-order chi connectivity index (χ0) is 7.40. The monoisotopic (exact) mass is 775 g/mol. The van der Waals surface area contributed by atoms with Gasteiger partial charge >= 0.3 is 0 Å². The fourth-order valence-electron chi connectivity index (χ4n) is 1.04. The molecule has 0 aliphatic rings. The minimum absolute atomic E-state index is 0. The van der Waals surface area contributed by atoms with Crippen molar-refractivity contribution in [3.05, 3.63) is 28.8 Å². The van der Waals surface area contributed by atoms with Gasteiger partial charge in [-0.05, 0) is 17.4 Å². The number of hydrogen-bond acceptors (Lipinski definition) is 1. The molecule has 77 valence electrons. The van der Waals surface area contributed by atoms with Gasteiger partial charge in [0, 0.05) is 234 Å². The van der Waals surface area contributed by atoms with E-state index in [0.717, 1.165) is 0 Å². The zero-order valence-electron chi connectivity index (χ0n) is 10.5. The summed E-state index contributed by atoms with van der Waals surface area (Å²) in [7, 11) is 0. The molecule has 1 heterocycles. The van der Waals surface area contributed by atoms with E-state index in [2.05, 4.69) is 37.8 Å². The molecule has 0 N–H and O–H groups in total. The number of thiophene rings is 1. The van der Waals surface area contributed by atoms with Crippen LogP contribution in [0.25, 0.3) is 0 Å². The van der Waals surface area contributed by atoms with Crippen LogP contribution >= 0.6 is 11.3 Å². The maximum Gasteiger partial charge on any atom is 0.00480 e. The van der Waals surface area contributed by atoms with Gasteiger partial charge in [-0.15, -0.1) is 11.3 Å². The second kappa shape index (κ2) is 31.2. The minimum atomic E-state index is 0. The second-order valence-corrected chi connectivity index (χ2v) is 3.54. The summed E-state index contributed by atoms with van der Waals surface area (Å²) in [6.45, 7) is 4.38. The van der Waals surface area contributed by atoms with E-state index in [-0.39, 0.29) is 229 Å². The Balaban J connectivity index is -0.0000000286. The molecule has 0 nitrogen and oxygen atoms in total. The molecular weight excluding hydrogens is 763 g/mol. The Morgan fingerprint density at radius 2 is 1.53 bits per heavy atom. The third-order valence-corrected chi connectivity index (χ3v) is 2.72. The zero-order valence-corrected chi connectivity index (χ0v) is 31.2. The molecule has 0 spiro atoms. The molecule has 0 aliphatic heterocycles. The molecule has 0 amide bonds. The van der Waals surface area contributed by atoms with Gasteiger partial charge in [0.1, 0.15) is 0 Å². The molecule has 8 heteroatoms. The average Bonchev–Trinajstić information content (AvgIpc) is 2.38. The van der Waals surface area contributed by atoms with E-state index in [0.29, 0.717) is 5.92 Å². The molecule has 7 radical (unpaired) electrons. The Hall–Kier alpha value is 7.43. The fourth-order valence-corrected chi connectivity index (χ4v) is 1.84. The molecule has 1 unspecified atom stereocenters. The van der Waals surface area contributed by atoms with Gasteiger partial charge in [0.25, 0.3) is 0 Å². The van der Waals surface area contributed by atoms with Crippen molar-refractivity contribution in [2.45, 2.75) is 26.2 Å². The maximum absolute atomic E-state index is 2.27. The predicted octanol–water partition coefficient (Wildman–Crippen LogP) is 3.45. The molecule has 0 aliphatic carbocycles. The van der Waals surface area contributed by atoms with Crippen LogP contribution in [0.1, 0.15) is 31.1 Å². The van der Waals surface area contributed by atoms with Crippen molar-refractivity contribution >= 4 is 11.3 Å². The molecule has 0 aromatic carbocycles. The number of hydrogen-bond donors (Lipinski definition) is 0. The van der Waals surface area contributed by atoms with Crippen LogP contribution in [0.3, 0.4) is 0 Å². The third-order valence-electron chi connectivity index (χ3n) is 1.62. The molecular formula is C9H13SY7-. The van der Waals surface area contributed by atoms with Crippen molar-refractivity contribution in [1.29, 1.82) is 0 Å². The van der Waals surface area contributed by atoms with Crippen LogP contribution in [0.5, 0.6) is 0 Å². The first-order valence-electron chi connectivity index (χ1n) is 3.66. The van der Waals surface area contributed by atoms with Gasteiger partial charge in [0.05, 0.1) is 0 Å². The first-order valence-corrected chi connectivity index (χ1v) is 4.53. The quantitative estimate of drug-likeness (QED) is 0.414. The summed E-state index contributed by atoms with van der Waals surface area (Å²) >= 11 is 1.85. The maximum atomic E-state index is 2.27. The van der Waals surface area contributed by atoms with Crippen molar-refractivity contribution in [1.82, 2.24) is 0 Å². The summed E-state index contributed by atoms with van der Waals surface area (Å²) in [5.74, 6) is 0.713. The van der Waals surface area contributed by atoms with E-state index in [9.17, 15) is 0 Å². The number of rotatable bonds is 3. The largest absolute Gasteiger partial charge is 0.331 e. The Morgan fingerprint density at radius 1 is 1.06 bits per heavy atom. The van der Waals surface area contributed by atoms with E-state index in [4.69, 9.17) is 0 Å². The average molecular weight is 776 g/mol. The predicted molar refractivity (Wildman–Crippen MR) is 47.3 cm³/mol. The molecule has 0 bridgehead atoms. The SMILES string of the molecule is C[CH-]CC(C)c1cccs1.[Y].[Y].[Y].[Y].[Y].[Y].[Y]. The van der Waals surface area contributed by atoms with Crippen molar-refractivity contribution < 1.29 is 229 Å². The topological polar surface area (TPSA) is 0 Å². The van der Waals surface area contributed by atoms with E-state index < -0.39 is 0 Å². The summed E-state index contributed by atoms with van der Waals surface area (Å²) in [5, 5.41) is 2.14. The molecule has 1 atom stereocenters. The van der Waals surface area contributed by atoms with Gasteiger partial charge in [-0.3, -0.25) is 0 Å². The summed E-state index contributed by atoms with van der Waals surface area (Å²) in [6.07, 6.45) is 3.42. The van der Waals surface area contributed by atoms with Gasteiger partial charge in [-0.1, -0.05) is 13.0 Å². The van der Waals surface area contributed by atoms with Crippen molar-refractivity contribution in [3.63, 3.8) is 0 Å². The van der Waals surface area contributed by atoms with Crippen LogP contribution in [0.2, 0.25) is 0 Å². The minimum Gasteiger partial charge on any atom is -0.331 e. The smallest absolute Gasteiger partial charge is 0.00480 e. The molecule has 1 aromatic heterocycles. The normalized spacial score (nSPS) is 7.88. The van der Waals surface area contributed by atoms with Crippen molar-refractivity contribution in [3.8, 4) is 0 Å². The van der Waals surface area contributed by atoms with Gasteiger partial charge in [0.15, 0.2) is 0 Å². The Bertz CT molecular complexity index is 181. The van der Waals surface area contributed by atoms with Crippen LogP contribution in [0, 0.1) is 6.42 Å². The molecule has 0 saturated carbocycles. The van der Waals surface area contributed by atoms with Crippen LogP contribution in [-0.4, -0.2) is 0 Å². The first kappa shape index (κ1) is 44.1. The van der Waals surface area contributed by atoms with Gasteiger partial charge in [-0.25, -0.2) is 0 Å². The molecule has 1 aromatic rings. The first-order chi connectivity index (χ1) is 4.84. The van der Waals surface area contributed by atoms with Crippen LogP contribution < -0.4 is 0 Å². The molecule has 0 saturated heterocycles. The molecule has 1 rings (SSSR count). The summed E-state index contributed by atoms with van der Waals surface area (Å²) in [6, 6.07) is 4.32. The van der Waals surface area contributed by atoms with Crippen LogP contribution in [0.4, 0.5) is 0 Å².